The number of esters is 1. The standard InChI is InChI=1S/C39H72O4Si2/c1-15-41-35(40)18-16-17-27(2)31-21-22-32-30-20-19-28-25-29(42-44(11,12)36(3,4)5)26-34(43-45(13,14)37(6,7)8)39(28,10)33(30)23-24-38(31,32)9/h19,27,29-34H,15-18,20-26H2,1-14H3/t27-,29-,30+,31-,32+,33+,34+,38-,39+/m1/s1. The number of allylic oxidation sites excluding steroid dienone is 1. The Kier molecular flexibility index (Phi) is 10.9. The van der Waals surface area contributed by atoms with Crippen LogP contribution in [0, 0.1) is 40.4 Å². The highest BCUT2D eigenvalue weighted by atomic mass is 28.4. The molecule has 3 saturated carbocycles. The van der Waals surface area contributed by atoms with Gasteiger partial charge in [-0.15, -0.1) is 0 Å². The molecule has 0 bridgehead atoms. The van der Waals surface area contributed by atoms with Gasteiger partial charge in [-0.3, -0.25) is 4.79 Å². The third-order valence-corrected chi connectivity index (χ3v) is 23.8. The lowest BCUT2D eigenvalue weighted by Crippen LogP contribution is -2.60. The average Bonchev–Trinajstić information content (AvgIpc) is 3.25. The minimum atomic E-state index is -2.00. The van der Waals surface area contributed by atoms with Gasteiger partial charge in [0.15, 0.2) is 16.6 Å². The minimum absolute atomic E-state index is 0.0299. The van der Waals surface area contributed by atoms with E-state index in [1.807, 2.05) is 6.92 Å². The van der Waals surface area contributed by atoms with Crippen molar-refractivity contribution >= 4 is 22.6 Å². The van der Waals surface area contributed by atoms with Crippen LogP contribution < -0.4 is 0 Å². The molecule has 0 N–H and O–H groups in total. The van der Waals surface area contributed by atoms with Crippen LogP contribution in [0.2, 0.25) is 36.3 Å². The molecule has 0 aromatic carbocycles. The zero-order valence-corrected chi connectivity index (χ0v) is 34.0. The molecule has 0 radical (unpaired) electrons. The monoisotopic (exact) mass is 660 g/mol. The van der Waals surface area contributed by atoms with Gasteiger partial charge in [-0.1, -0.05) is 74.0 Å². The lowest BCUT2D eigenvalue weighted by Gasteiger charge is -2.62. The van der Waals surface area contributed by atoms with Gasteiger partial charge >= 0.3 is 5.97 Å². The molecule has 0 unspecified atom stereocenters. The highest BCUT2D eigenvalue weighted by Crippen LogP contribution is 2.68. The van der Waals surface area contributed by atoms with E-state index in [4.69, 9.17) is 13.6 Å². The predicted molar refractivity (Wildman–Crippen MR) is 194 cm³/mol. The highest BCUT2D eigenvalue weighted by molar-refractivity contribution is 6.74. The molecule has 0 spiro atoms. The number of hydrogen-bond donors (Lipinski definition) is 0. The number of ether oxygens (including phenoxy) is 1. The maximum Gasteiger partial charge on any atom is 0.305 e. The van der Waals surface area contributed by atoms with Crippen LogP contribution in [0.5, 0.6) is 0 Å². The smallest absolute Gasteiger partial charge is 0.305 e. The Morgan fingerprint density at radius 2 is 1.58 bits per heavy atom. The molecule has 4 rings (SSSR count). The maximum absolute atomic E-state index is 12.0. The summed E-state index contributed by atoms with van der Waals surface area (Å²) in [5.74, 6) is 3.62. The Labute approximate surface area is 280 Å². The van der Waals surface area contributed by atoms with Gasteiger partial charge in [-0.2, -0.15) is 0 Å². The van der Waals surface area contributed by atoms with Gasteiger partial charge in [0.25, 0.3) is 0 Å². The summed E-state index contributed by atoms with van der Waals surface area (Å²) in [5.41, 5.74) is 2.16. The van der Waals surface area contributed by atoms with Gasteiger partial charge in [0, 0.05) is 11.8 Å². The van der Waals surface area contributed by atoms with Gasteiger partial charge in [0.05, 0.1) is 18.8 Å². The van der Waals surface area contributed by atoms with E-state index >= 15 is 0 Å². The van der Waals surface area contributed by atoms with Crippen molar-refractivity contribution in [1.82, 2.24) is 0 Å². The topological polar surface area (TPSA) is 44.8 Å². The lowest BCUT2D eigenvalue weighted by atomic mass is 9.46. The summed E-state index contributed by atoms with van der Waals surface area (Å²) < 4.78 is 20.0. The molecule has 0 saturated heterocycles. The molecule has 4 aliphatic rings. The van der Waals surface area contributed by atoms with E-state index in [1.165, 1.54) is 32.1 Å². The van der Waals surface area contributed by atoms with Gasteiger partial charge < -0.3 is 13.6 Å². The molecule has 3 fully saturated rings. The van der Waals surface area contributed by atoms with E-state index < -0.39 is 16.6 Å². The molecule has 4 aliphatic carbocycles. The molecule has 0 aliphatic heterocycles. The summed E-state index contributed by atoms with van der Waals surface area (Å²) in [6.07, 6.45) is 14.6. The van der Waals surface area contributed by atoms with Crippen molar-refractivity contribution in [2.24, 2.45) is 40.4 Å². The molecule has 0 heterocycles. The van der Waals surface area contributed by atoms with Crippen LogP contribution in [-0.4, -0.2) is 41.4 Å². The van der Waals surface area contributed by atoms with E-state index in [2.05, 4.69) is 94.6 Å². The zero-order valence-electron chi connectivity index (χ0n) is 32.0. The SMILES string of the molecule is CCOC(=O)CCC[C@@H](C)[C@H]1CC[C@H]2[C@@H]3CC=C4C[C@@H](O[Si](C)(C)C(C)(C)C)C[C@H](O[Si](C)(C)C(C)(C)C)[C@]4(C)[C@H]3CC[C@]12C. The van der Waals surface area contributed by atoms with Gasteiger partial charge in [0.1, 0.15) is 0 Å². The fourth-order valence-electron chi connectivity index (χ4n) is 10.0. The molecule has 4 nitrogen and oxygen atoms in total. The quantitative estimate of drug-likeness (QED) is 0.133. The molecule has 6 heteroatoms. The van der Waals surface area contributed by atoms with Crippen LogP contribution in [0.15, 0.2) is 11.6 Å². The molecule has 0 aromatic heterocycles. The largest absolute Gasteiger partial charge is 0.466 e. The summed E-state index contributed by atoms with van der Waals surface area (Å²) in [6, 6.07) is 0. The average molecular weight is 661 g/mol. The van der Waals surface area contributed by atoms with E-state index in [9.17, 15) is 4.79 Å². The predicted octanol–water partition coefficient (Wildman–Crippen LogP) is 11.3. The van der Waals surface area contributed by atoms with E-state index in [1.54, 1.807) is 5.57 Å². The minimum Gasteiger partial charge on any atom is -0.466 e. The van der Waals surface area contributed by atoms with Gasteiger partial charge in [-0.25, -0.2) is 0 Å². The van der Waals surface area contributed by atoms with Crippen molar-refractivity contribution in [2.45, 2.75) is 182 Å². The zero-order chi connectivity index (χ0) is 33.8. The Hall–Kier alpha value is -0.436. The first kappa shape index (κ1) is 37.4. The Balaban J connectivity index is 1.60. The summed E-state index contributed by atoms with van der Waals surface area (Å²) >= 11 is 0. The van der Waals surface area contributed by atoms with Crippen LogP contribution in [0.25, 0.3) is 0 Å². The number of carbonyl (C=O) groups is 1. The summed E-state index contributed by atoms with van der Waals surface area (Å²) in [4.78, 5) is 12.0. The normalized spacial score (nSPS) is 36.4. The fourth-order valence-corrected chi connectivity index (χ4v) is 12.8. The Morgan fingerprint density at radius 3 is 2.18 bits per heavy atom. The van der Waals surface area contributed by atoms with E-state index in [0.717, 1.165) is 43.4 Å². The lowest BCUT2D eigenvalue weighted by molar-refractivity contribution is -0.143. The van der Waals surface area contributed by atoms with Crippen molar-refractivity contribution in [3.8, 4) is 0 Å². The number of hydrogen-bond acceptors (Lipinski definition) is 4. The van der Waals surface area contributed by atoms with Crippen LogP contribution in [0.1, 0.15) is 133 Å². The van der Waals surface area contributed by atoms with Crippen molar-refractivity contribution in [3.05, 3.63) is 11.6 Å². The molecular weight excluding hydrogens is 589 g/mol. The summed E-state index contributed by atoms with van der Waals surface area (Å²) in [5, 5.41) is 0.389. The molecule has 0 aromatic rings. The molecule has 260 valence electrons. The van der Waals surface area contributed by atoms with Gasteiger partial charge in [0.2, 0.25) is 0 Å². The van der Waals surface area contributed by atoms with Crippen molar-refractivity contribution in [2.75, 3.05) is 6.61 Å². The Bertz CT molecular complexity index is 1080. The van der Waals surface area contributed by atoms with Crippen LogP contribution >= 0.6 is 0 Å². The molecule has 45 heavy (non-hydrogen) atoms. The summed E-state index contributed by atoms with van der Waals surface area (Å²) in [6.45, 7) is 34.2. The van der Waals surface area contributed by atoms with Crippen molar-refractivity contribution in [3.63, 3.8) is 0 Å². The van der Waals surface area contributed by atoms with Crippen LogP contribution in [0.4, 0.5) is 0 Å². The first-order chi connectivity index (χ1) is 20.6. The molecular formula is C39H72O4Si2. The van der Waals surface area contributed by atoms with Crippen LogP contribution in [0.3, 0.4) is 0 Å². The molecule has 9 atom stereocenters. The first-order valence-corrected chi connectivity index (χ1v) is 24.6. The third-order valence-electron chi connectivity index (χ3n) is 14.7. The van der Waals surface area contributed by atoms with Crippen LogP contribution in [-0.2, 0) is 18.4 Å². The number of fused-ring (bicyclic) bond motifs is 5. The first-order valence-electron chi connectivity index (χ1n) is 18.8. The van der Waals surface area contributed by atoms with Gasteiger partial charge in [-0.05, 0) is 136 Å². The van der Waals surface area contributed by atoms with Crippen molar-refractivity contribution < 1.29 is 18.4 Å². The number of rotatable bonds is 10. The third kappa shape index (κ3) is 7.15. The van der Waals surface area contributed by atoms with Crippen molar-refractivity contribution in [1.29, 1.82) is 0 Å². The highest BCUT2D eigenvalue weighted by Gasteiger charge is 2.62. The maximum atomic E-state index is 12.0. The number of carbonyl (C=O) groups excluding carboxylic acids is 1. The second-order valence-corrected chi connectivity index (χ2v) is 28.8. The second kappa shape index (κ2) is 13.1. The Morgan fingerprint density at radius 1 is 0.956 bits per heavy atom. The second-order valence-electron chi connectivity index (χ2n) is 19.3. The summed E-state index contributed by atoms with van der Waals surface area (Å²) in [7, 11) is -3.89. The molecule has 0 amide bonds. The van der Waals surface area contributed by atoms with E-state index in [-0.39, 0.29) is 33.7 Å². The fraction of sp³-hybridized carbons (Fsp3) is 0.923. The van der Waals surface area contributed by atoms with E-state index in [0.29, 0.717) is 30.3 Å².